The van der Waals surface area contributed by atoms with Crippen molar-refractivity contribution in [2.45, 2.75) is 12.8 Å². The van der Waals surface area contributed by atoms with Crippen LogP contribution in [-0.4, -0.2) is 24.8 Å². The lowest BCUT2D eigenvalue weighted by Gasteiger charge is -2.11. The minimum absolute atomic E-state index is 0.250. The molecule has 1 saturated heterocycles. The van der Waals surface area contributed by atoms with Crippen molar-refractivity contribution >= 4 is 0 Å². The van der Waals surface area contributed by atoms with Gasteiger partial charge >= 0.3 is 0 Å². The maximum atomic E-state index is 12.5. The summed E-state index contributed by atoms with van der Waals surface area (Å²) in [7, 11) is 1.63. The fourth-order valence-electron chi connectivity index (χ4n) is 0.995. The second-order valence-corrected chi connectivity index (χ2v) is 2.42. The molecule has 0 bridgehead atoms. The molecule has 0 aliphatic carbocycles. The van der Waals surface area contributed by atoms with Crippen LogP contribution in [0.5, 0.6) is 0 Å². The third-order valence-corrected chi connectivity index (χ3v) is 1.50. The van der Waals surface area contributed by atoms with Crippen molar-refractivity contribution in [1.82, 2.24) is 0 Å². The van der Waals surface area contributed by atoms with E-state index >= 15 is 0 Å². The van der Waals surface area contributed by atoms with E-state index in [1.165, 1.54) is 0 Å². The largest absolute Gasteiger partial charge is 0.133 e. The quantitative estimate of drug-likeness (QED) is 0.404. The highest BCUT2D eigenvalue weighted by atomic mass is 19.2. The summed E-state index contributed by atoms with van der Waals surface area (Å²) in [6.45, 7) is 1.44. The zero-order chi connectivity index (χ0) is 5.33. The van der Waals surface area contributed by atoms with E-state index in [0.717, 1.165) is 25.9 Å². The molecule has 7 heavy (non-hydrogen) atoms. The summed E-state index contributed by atoms with van der Waals surface area (Å²) in [4.78, 5) is 0. The molecular formula is C5H11FN+. The Morgan fingerprint density at radius 3 is 1.86 bits per heavy atom. The minimum Gasteiger partial charge on any atom is -0.133 e. The van der Waals surface area contributed by atoms with Crippen LogP contribution in [0.15, 0.2) is 0 Å². The Bertz CT molecular complexity index is 62.5. The van der Waals surface area contributed by atoms with Gasteiger partial charge in [-0.2, -0.15) is 0 Å². The molecule has 1 heterocycles. The summed E-state index contributed by atoms with van der Waals surface area (Å²) < 4.78 is 12.3. The molecule has 42 valence electrons. The Morgan fingerprint density at radius 2 is 1.71 bits per heavy atom. The zero-order valence-electron chi connectivity index (χ0n) is 4.65. The van der Waals surface area contributed by atoms with Crippen molar-refractivity contribution in [3.63, 3.8) is 0 Å². The van der Waals surface area contributed by atoms with Gasteiger partial charge < -0.3 is 0 Å². The van der Waals surface area contributed by atoms with Gasteiger partial charge in [0, 0.05) is 12.8 Å². The van der Waals surface area contributed by atoms with Crippen molar-refractivity contribution < 1.29 is 9.19 Å². The molecule has 0 aromatic heterocycles. The molecule has 0 unspecified atom stereocenters. The molecular weight excluding hydrogens is 93.1 g/mol. The molecule has 1 nitrogen and oxygen atoms in total. The Hall–Kier alpha value is -0.110. The summed E-state index contributed by atoms with van der Waals surface area (Å²) in [5, 5.41) is 0. The average molecular weight is 104 g/mol. The van der Waals surface area contributed by atoms with Crippen LogP contribution < -0.4 is 0 Å². The van der Waals surface area contributed by atoms with Gasteiger partial charge in [-0.3, -0.25) is 0 Å². The SMILES string of the molecule is C[N+]1(F)CCCC1. The highest BCUT2D eigenvalue weighted by molar-refractivity contribution is 4.44. The van der Waals surface area contributed by atoms with Crippen molar-refractivity contribution in [2.75, 3.05) is 20.1 Å². The normalized spacial score (nSPS) is 28.3. The highest BCUT2D eigenvalue weighted by Crippen LogP contribution is 2.15. The van der Waals surface area contributed by atoms with Gasteiger partial charge in [-0.15, -0.1) is 4.71 Å². The van der Waals surface area contributed by atoms with Crippen LogP contribution in [0, 0.1) is 0 Å². The minimum atomic E-state index is -0.250. The van der Waals surface area contributed by atoms with Crippen molar-refractivity contribution in [3.05, 3.63) is 0 Å². The molecule has 0 amide bonds. The maximum Gasteiger partial charge on any atom is 0.115 e. The Morgan fingerprint density at radius 1 is 1.29 bits per heavy atom. The Balaban J connectivity index is 2.40. The van der Waals surface area contributed by atoms with Crippen LogP contribution >= 0.6 is 0 Å². The third-order valence-electron chi connectivity index (χ3n) is 1.50. The first-order chi connectivity index (χ1) is 3.21. The number of hydrogen-bond donors (Lipinski definition) is 0. The smallest absolute Gasteiger partial charge is 0.115 e. The second kappa shape index (κ2) is 1.44. The fraction of sp³-hybridized carbons (Fsp3) is 1.00. The number of nitrogens with zero attached hydrogens (tertiary/aromatic N) is 1. The van der Waals surface area contributed by atoms with Crippen LogP contribution in [0.1, 0.15) is 12.8 Å². The Kier molecular flexibility index (Phi) is 1.04. The number of quaternary nitrogens is 1. The van der Waals surface area contributed by atoms with Crippen LogP contribution in [0.3, 0.4) is 0 Å². The van der Waals surface area contributed by atoms with Crippen molar-refractivity contribution in [2.24, 2.45) is 0 Å². The summed E-state index contributed by atoms with van der Waals surface area (Å²) in [6.07, 6.45) is 2.12. The van der Waals surface area contributed by atoms with Crippen LogP contribution in [-0.2, 0) is 0 Å². The van der Waals surface area contributed by atoms with E-state index in [4.69, 9.17) is 0 Å². The summed E-state index contributed by atoms with van der Waals surface area (Å²) in [5.41, 5.74) is 0. The maximum absolute atomic E-state index is 12.5. The lowest BCUT2D eigenvalue weighted by Crippen LogP contribution is -2.29. The van der Waals surface area contributed by atoms with Crippen LogP contribution in [0.25, 0.3) is 0 Å². The van der Waals surface area contributed by atoms with Crippen LogP contribution in [0.2, 0.25) is 0 Å². The number of halogens is 1. The zero-order valence-corrected chi connectivity index (χ0v) is 4.65. The number of rotatable bonds is 0. The van der Waals surface area contributed by atoms with E-state index in [9.17, 15) is 4.48 Å². The van der Waals surface area contributed by atoms with Gasteiger partial charge in [0.05, 0.1) is 0 Å². The van der Waals surface area contributed by atoms with E-state index in [1.54, 1.807) is 7.05 Å². The van der Waals surface area contributed by atoms with Gasteiger partial charge in [0.2, 0.25) is 0 Å². The molecule has 1 rings (SSSR count). The predicted molar refractivity (Wildman–Crippen MR) is 26.3 cm³/mol. The van der Waals surface area contributed by atoms with Gasteiger partial charge in [-0.25, -0.2) is 0 Å². The van der Waals surface area contributed by atoms with E-state index < -0.39 is 0 Å². The van der Waals surface area contributed by atoms with E-state index in [0.29, 0.717) is 0 Å². The summed E-state index contributed by atoms with van der Waals surface area (Å²) in [6, 6.07) is 0. The number of hydrogen-bond acceptors (Lipinski definition) is 0. The molecule has 1 aliphatic rings. The molecule has 0 aromatic rings. The molecule has 1 fully saturated rings. The monoisotopic (exact) mass is 104 g/mol. The molecule has 0 saturated carbocycles. The topological polar surface area (TPSA) is 0 Å². The van der Waals surface area contributed by atoms with Gasteiger partial charge in [0.15, 0.2) is 0 Å². The second-order valence-electron chi connectivity index (χ2n) is 2.42. The standard InChI is InChI=1S/C5H11FN/c1-7(6)4-2-3-5-7/h2-5H2,1H3/q+1. The molecule has 0 radical (unpaired) electrons. The van der Waals surface area contributed by atoms with E-state index in [-0.39, 0.29) is 4.71 Å². The lowest BCUT2D eigenvalue weighted by atomic mass is 10.4. The fourth-order valence-corrected chi connectivity index (χ4v) is 0.995. The first-order valence-electron chi connectivity index (χ1n) is 2.75. The molecule has 0 aromatic carbocycles. The molecule has 0 N–H and O–H groups in total. The number of likely N-dealkylation sites (tertiary alicyclic amines) is 1. The Labute approximate surface area is 43.3 Å². The van der Waals surface area contributed by atoms with Crippen LogP contribution in [0.4, 0.5) is 4.48 Å². The third kappa shape index (κ3) is 1.13. The van der Waals surface area contributed by atoms with Gasteiger partial charge in [0.25, 0.3) is 0 Å². The van der Waals surface area contributed by atoms with Gasteiger partial charge in [-0.1, -0.05) is 0 Å². The van der Waals surface area contributed by atoms with Crippen molar-refractivity contribution in [3.8, 4) is 0 Å². The first-order valence-corrected chi connectivity index (χ1v) is 2.75. The molecule has 1 aliphatic heterocycles. The lowest BCUT2D eigenvalue weighted by molar-refractivity contribution is -1.03. The summed E-state index contributed by atoms with van der Waals surface area (Å²) in [5.74, 6) is 0. The van der Waals surface area contributed by atoms with E-state index in [2.05, 4.69) is 0 Å². The van der Waals surface area contributed by atoms with E-state index in [1.807, 2.05) is 0 Å². The molecule has 2 heteroatoms. The predicted octanol–water partition coefficient (Wildman–Crippen LogP) is 1.11. The molecule has 0 atom stereocenters. The highest BCUT2D eigenvalue weighted by Gasteiger charge is 2.26. The van der Waals surface area contributed by atoms with Gasteiger partial charge in [0.1, 0.15) is 20.1 Å². The summed E-state index contributed by atoms with van der Waals surface area (Å²) >= 11 is 0. The average Bonchev–Trinajstić information content (AvgIpc) is 1.84. The first kappa shape index (κ1) is 5.04. The van der Waals surface area contributed by atoms with Gasteiger partial charge in [-0.05, 0) is 4.48 Å². The molecule has 0 spiro atoms. The van der Waals surface area contributed by atoms with Crippen molar-refractivity contribution in [1.29, 1.82) is 0 Å².